The summed E-state index contributed by atoms with van der Waals surface area (Å²) < 4.78 is 0. The lowest BCUT2D eigenvalue weighted by atomic mass is 10.0. The summed E-state index contributed by atoms with van der Waals surface area (Å²) in [4.78, 5) is 12.1. The van der Waals surface area contributed by atoms with Gasteiger partial charge in [0, 0.05) is 27.9 Å². The van der Waals surface area contributed by atoms with Crippen LogP contribution in [0.25, 0.3) is 22.6 Å². The Balaban J connectivity index is 1.85. The topological polar surface area (TPSA) is 83.8 Å². The smallest absolute Gasteiger partial charge is 0.256 e. The molecule has 21 heavy (non-hydrogen) atoms. The zero-order valence-electron chi connectivity index (χ0n) is 11.1. The fourth-order valence-electron chi connectivity index (χ4n) is 2.56. The molecule has 1 aromatic heterocycles. The lowest BCUT2D eigenvalue weighted by Crippen LogP contribution is -2.03. The largest absolute Gasteiger partial charge is 0.399 e. The number of carbonyl (C=O) groups is 1. The average Bonchev–Trinajstić information content (AvgIpc) is 3.04. The third-order valence-electron chi connectivity index (χ3n) is 3.60. The Morgan fingerprint density at radius 3 is 2.95 bits per heavy atom. The second-order valence-corrected chi connectivity index (χ2v) is 5.03. The Kier molecular flexibility index (Phi) is 2.35. The molecule has 0 aliphatic carbocycles. The maximum atomic E-state index is 12.1. The maximum absolute atomic E-state index is 12.1. The predicted molar refractivity (Wildman–Crippen MR) is 83.4 cm³/mol. The highest BCUT2D eigenvalue weighted by atomic mass is 16.2. The number of carbonyl (C=O) groups excluding carboxylic acids is 1. The van der Waals surface area contributed by atoms with Crippen LogP contribution in [0, 0.1) is 0 Å². The van der Waals surface area contributed by atoms with E-state index in [0.717, 1.165) is 27.7 Å². The molecule has 5 heteroatoms. The Labute approximate surface area is 120 Å². The first-order valence-electron chi connectivity index (χ1n) is 6.57. The SMILES string of the molecule is Nc1ccc2c(c1)/C(=C\c1ccc3cn[nH]c3c1)C(=O)N2. The minimum atomic E-state index is -0.111. The number of hydrogen-bond acceptors (Lipinski definition) is 3. The summed E-state index contributed by atoms with van der Waals surface area (Å²) >= 11 is 0. The number of nitrogens with zero attached hydrogens (tertiary/aromatic N) is 1. The second-order valence-electron chi connectivity index (χ2n) is 5.03. The van der Waals surface area contributed by atoms with Gasteiger partial charge in [-0.15, -0.1) is 0 Å². The van der Waals surface area contributed by atoms with Crippen molar-refractivity contribution in [2.45, 2.75) is 0 Å². The van der Waals surface area contributed by atoms with Gasteiger partial charge in [-0.25, -0.2) is 0 Å². The van der Waals surface area contributed by atoms with Crippen molar-refractivity contribution in [3.63, 3.8) is 0 Å². The Hall–Kier alpha value is -3.08. The molecule has 4 N–H and O–H groups in total. The van der Waals surface area contributed by atoms with Crippen LogP contribution in [0.15, 0.2) is 42.6 Å². The molecule has 1 amide bonds. The second kappa shape index (κ2) is 4.21. The van der Waals surface area contributed by atoms with Crippen molar-refractivity contribution in [1.82, 2.24) is 10.2 Å². The molecule has 3 aromatic rings. The third-order valence-corrected chi connectivity index (χ3v) is 3.60. The molecule has 0 saturated heterocycles. The van der Waals surface area contributed by atoms with Crippen LogP contribution < -0.4 is 11.1 Å². The van der Waals surface area contributed by atoms with E-state index in [-0.39, 0.29) is 5.91 Å². The quantitative estimate of drug-likeness (QED) is 0.472. The third kappa shape index (κ3) is 1.87. The number of fused-ring (bicyclic) bond motifs is 2. The summed E-state index contributed by atoms with van der Waals surface area (Å²) in [7, 11) is 0. The molecule has 1 aliphatic heterocycles. The van der Waals surface area contributed by atoms with Crippen LogP contribution in [0.4, 0.5) is 11.4 Å². The van der Waals surface area contributed by atoms with Gasteiger partial charge in [0.1, 0.15) is 0 Å². The number of hydrogen-bond donors (Lipinski definition) is 3. The molecule has 5 nitrogen and oxygen atoms in total. The van der Waals surface area contributed by atoms with E-state index in [2.05, 4.69) is 15.5 Å². The van der Waals surface area contributed by atoms with Crippen LogP contribution in [0.1, 0.15) is 11.1 Å². The molecular weight excluding hydrogens is 264 g/mol. The number of aromatic nitrogens is 2. The number of H-pyrrole nitrogens is 1. The van der Waals surface area contributed by atoms with Gasteiger partial charge < -0.3 is 11.1 Å². The normalized spacial score (nSPS) is 15.4. The summed E-state index contributed by atoms with van der Waals surface area (Å²) in [6, 6.07) is 11.3. The first-order valence-corrected chi connectivity index (χ1v) is 6.57. The lowest BCUT2D eigenvalue weighted by molar-refractivity contribution is -0.110. The van der Waals surface area contributed by atoms with Gasteiger partial charge in [-0.2, -0.15) is 5.10 Å². The first-order chi connectivity index (χ1) is 10.2. The van der Waals surface area contributed by atoms with Gasteiger partial charge in [-0.1, -0.05) is 12.1 Å². The van der Waals surface area contributed by atoms with Gasteiger partial charge in [0.25, 0.3) is 5.91 Å². The number of amides is 1. The fraction of sp³-hybridized carbons (Fsp3) is 0. The highest BCUT2D eigenvalue weighted by molar-refractivity contribution is 6.35. The van der Waals surface area contributed by atoms with Crippen molar-refractivity contribution in [2.24, 2.45) is 0 Å². The molecule has 0 radical (unpaired) electrons. The van der Waals surface area contributed by atoms with E-state index in [1.807, 2.05) is 36.4 Å². The molecule has 0 atom stereocenters. The van der Waals surface area contributed by atoms with Crippen LogP contribution >= 0.6 is 0 Å². The Morgan fingerprint density at radius 1 is 1.14 bits per heavy atom. The number of aromatic amines is 1. The number of nitrogens with two attached hydrogens (primary N) is 1. The van der Waals surface area contributed by atoms with Gasteiger partial charge in [0.2, 0.25) is 0 Å². The number of rotatable bonds is 1. The van der Waals surface area contributed by atoms with Crippen LogP contribution in [0.2, 0.25) is 0 Å². The van der Waals surface area contributed by atoms with E-state index in [4.69, 9.17) is 5.73 Å². The molecule has 0 saturated carbocycles. The van der Waals surface area contributed by atoms with Gasteiger partial charge in [-0.3, -0.25) is 9.89 Å². The standard InChI is InChI=1S/C16H12N4O/c17-11-3-4-14-12(7-11)13(16(21)19-14)5-9-1-2-10-8-18-20-15(10)6-9/h1-8H,17H2,(H,18,20)(H,19,21)/b13-5+. The molecule has 0 bridgehead atoms. The van der Waals surface area contributed by atoms with E-state index in [0.29, 0.717) is 11.3 Å². The number of anilines is 2. The summed E-state index contributed by atoms with van der Waals surface area (Å²) in [6.45, 7) is 0. The highest BCUT2D eigenvalue weighted by Crippen LogP contribution is 2.34. The summed E-state index contributed by atoms with van der Waals surface area (Å²) in [5.41, 5.74) is 10.6. The number of nitrogen functional groups attached to an aromatic ring is 1. The fourth-order valence-corrected chi connectivity index (χ4v) is 2.56. The van der Waals surface area contributed by atoms with Crippen molar-refractivity contribution in [2.75, 3.05) is 11.1 Å². The van der Waals surface area contributed by atoms with Crippen molar-refractivity contribution in [1.29, 1.82) is 0 Å². The predicted octanol–water partition coefficient (Wildman–Crippen LogP) is 2.64. The monoisotopic (exact) mass is 276 g/mol. The van der Waals surface area contributed by atoms with Gasteiger partial charge in [0.05, 0.1) is 11.7 Å². The van der Waals surface area contributed by atoms with E-state index >= 15 is 0 Å². The highest BCUT2D eigenvalue weighted by Gasteiger charge is 2.23. The molecule has 102 valence electrons. The number of nitrogens with one attached hydrogen (secondary N) is 2. The van der Waals surface area contributed by atoms with Gasteiger partial charge in [-0.05, 0) is 35.9 Å². The minimum absolute atomic E-state index is 0.111. The molecule has 0 unspecified atom stereocenters. The van der Waals surface area contributed by atoms with E-state index < -0.39 is 0 Å². The minimum Gasteiger partial charge on any atom is -0.399 e. The van der Waals surface area contributed by atoms with E-state index in [1.54, 1.807) is 12.3 Å². The average molecular weight is 276 g/mol. The summed E-state index contributed by atoms with van der Waals surface area (Å²) in [5, 5.41) is 10.8. The molecule has 0 fully saturated rings. The molecule has 1 aliphatic rings. The Morgan fingerprint density at radius 2 is 2.05 bits per heavy atom. The zero-order valence-corrected chi connectivity index (χ0v) is 11.1. The maximum Gasteiger partial charge on any atom is 0.256 e. The summed E-state index contributed by atoms with van der Waals surface area (Å²) in [5.74, 6) is -0.111. The van der Waals surface area contributed by atoms with E-state index in [9.17, 15) is 4.79 Å². The first kappa shape index (κ1) is 11.7. The van der Waals surface area contributed by atoms with Crippen LogP contribution in [0.3, 0.4) is 0 Å². The van der Waals surface area contributed by atoms with Crippen molar-refractivity contribution < 1.29 is 4.79 Å². The van der Waals surface area contributed by atoms with Gasteiger partial charge >= 0.3 is 0 Å². The molecule has 2 heterocycles. The lowest BCUT2D eigenvalue weighted by Gasteiger charge is -2.00. The zero-order chi connectivity index (χ0) is 14.4. The van der Waals surface area contributed by atoms with Crippen LogP contribution in [0.5, 0.6) is 0 Å². The number of benzene rings is 2. The van der Waals surface area contributed by atoms with Crippen LogP contribution in [-0.4, -0.2) is 16.1 Å². The molecular formula is C16H12N4O. The molecule has 4 rings (SSSR count). The molecule has 0 spiro atoms. The summed E-state index contributed by atoms with van der Waals surface area (Å²) in [6.07, 6.45) is 3.63. The van der Waals surface area contributed by atoms with E-state index in [1.165, 1.54) is 0 Å². The van der Waals surface area contributed by atoms with Crippen LogP contribution in [-0.2, 0) is 4.79 Å². The van der Waals surface area contributed by atoms with Crippen molar-refractivity contribution >= 4 is 39.8 Å². The van der Waals surface area contributed by atoms with Gasteiger partial charge in [0.15, 0.2) is 0 Å². The molecule has 2 aromatic carbocycles. The van der Waals surface area contributed by atoms with Crippen molar-refractivity contribution in [3.05, 3.63) is 53.7 Å². The van der Waals surface area contributed by atoms with Crippen molar-refractivity contribution in [3.8, 4) is 0 Å². The Bertz CT molecular complexity index is 908.